The summed E-state index contributed by atoms with van der Waals surface area (Å²) in [6, 6.07) is 15.6. The molecule has 0 fully saturated rings. The lowest BCUT2D eigenvalue weighted by Crippen LogP contribution is -2.36. The highest BCUT2D eigenvalue weighted by molar-refractivity contribution is 6.32. The summed E-state index contributed by atoms with van der Waals surface area (Å²) in [5, 5.41) is 3.36. The van der Waals surface area contributed by atoms with Crippen molar-refractivity contribution in [3.8, 4) is 16.9 Å². The number of amides is 1. The third-order valence-corrected chi connectivity index (χ3v) is 4.34. The zero-order valence-electron chi connectivity index (χ0n) is 14.8. The van der Waals surface area contributed by atoms with Gasteiger partial charge in [-0.25, -0.2) is 0 Å². The van der Waals surface area contributed by atoms with Gasteiger partial charge in [-0.3, -0.25) is 4.79 Å². The Kier molecular flexibility index (Phi) is 7.76. The Bertz CT molecular complexity index is 673. The lowest BCUT2D eigenvalue weighted by atomic mass is 10.1. The first kappa shape index (κ1) is 19.3. The number of nitrogens with one attached hydrogen (secondary N) is 1. The fraction of sp³-hybridized carbons (Fsp3) is 0.350. The SMILES string of the molecule is CCN(CC)CCNC(=O)COc1ccc(-c2ccccc2)cc1Cl. The van der Waals surface area contributed by atoms with Crippen molar-refractivity contribution in [2.45, 2.75) is 13.8 Å². The molecule has 5 heteroatoms. The third kappa shape index (κ3) is 6.07. The first-order valence-electron chi connectivity index (χ1n) is 8.60. The second-order valence-corrected chi connectivity index (χ2v) is 6.08. The highest BCUT2D eigenvalue weighted by Gasteiger charge is 2.08. The average Bonchev–Trinajstić information content (AvgIpc) is 2.65. The highest BCUT2D eigenvalue weighted by Crippen LogP contribution is 2.30. The molecule has 4 nitrogen and oxygen atoms in total. The van der Waals surface area contributed by atoms with Crippen molar-refractivity contribution < 1.29 is 9.53 Å². The first-order chi connectivity index (χ1) is 12.1. The number of hydrogen-bond donors (Lipinski definition) is 1. The molecule has 0 aliphatic rings. The molecule has 0 atom stereocenters. The smallest absolute Gasteiger partial charge is 0.257 e. The summed E-state index contributed by atoms with van der Waals surface area (Å²) in [7, 11) is 0. The van der Waals surface area contributed by atoms with Crippen molar-refractivity contribution >= 4 is 17.5 Å². The molecule has 0 aliphatic heterocycles. The summed E-state index contributed by atoms with van der Waals surface area (Å²) in [5.74, 6) is 0.371. The summed E-state index contributed by atoms with van der Waals surface area (Å²) in [6.07, 6.45) is 0. The van der Waals surface area contributed by atoms with Crippen LogP contribution in [-0.2, 0) is 4.79 Å². The normalized spacial score (nSPS) is 10.7. The molecule has 0 aromatic heterocycles. The molecule has 0 heterocycles. The van der Waals surface area contributed by atoms with Crippen molar-refractivity contribution in [3.63, 3.8) is 0 Å². The van der Waals surface area contributed by atoms with E-state index in [0.29, 0.717) is 17.3 Å². The minimum absolute atomic E-state index is 0.0390. The fourth-order valence-electron chi connectivity index (χ4n) is 2.52. The van der Waals surface area contributed by atoms with Gasteiger partial charge in [0.25, 0.3) is 5.91 Å². The first-order valence-corrected chi connectivity index (χ1v) is 8.98. The molecule has 2 aromatic carbocycles. The number of carbonyl (C=O) groups excluding carboxylic acids is 1. The summed E-state index contributed by atoms with van der Waals surface area (Å²) < 4.78 is 5.54. The molecule has 2 aromatic rings. The summed E-state index contributed by atoms with van der Waals surface area (Å²) in [4.78, 5) is 14.1. The summed E-state index contributed by atoms with van der Waals surface area (Å²) >= 11 is 6.28. The van der Waals surface area contributed by atoms with Crippen LogP contribution in [0, 0.1) is 0 Å². The molecule has 0 aliphatic carbocycles. The molecule has 0 saturated carbocycles. The Labute approximate surface area is 154 Å². The van der Waals surface area contributed by atoms with Gasteiger partial charge in [-0.1, -0.05) is 61.8 Å². The van der Waals surface area contributed by atoms with Crippen molar-refractivity contribution in [1.29, 1.82) is 0 Å². The van der Waals surface area contributed by atoms with Crippen molar-refractivity contribution in [2.24, 2.45) is 0 Å². The number of nitrogens with zero attached hydrogens (tertiary/aromatic N) is 1. The zero-order chi connectivity index (χ0) is 18.1. The second kappa shape index (κ2) is 10.1. The van der Waals surface area contributed by atoms with Gasteiger partial charge in [-0.05, 0) is 36.3 Å². The molecule has 2 rings (SSSR count). The molecular weight excluding hydrogens is 336 g/mol. The topological polar surface area (TPSA) is 41.6 Å². The number of rotatable bonds is 9. The van der Waals surface area contributed by atoms with Crippen molar-refractivity contribution in [3.05, 3.63) is 53.6 Å². The predicted molar refractivity (Wildman–Crippen MR) is 103 cm³/mol. The average molecular weight is 361 g/mol. The maximum Gasteiger partial charge on any atom is 0.257 e. The lowest BCUT2D eigenvalue weighted by Gasteiger charge is -2.18. The maximum atomic E-state index is 11.9. The molecule has 0 unspecified atom stereocenters. The summed E-state index contributed by atoms with van der Waals surface area (Å²) in [6.45, 7) is 7.59. The summed E-state index contributed by atoms with van der Waals surface area (Å²) in [5.41, 5.74) is 2.10. The number of likely N-dealkylation sites (N-methyl/N-ethyl adjacent to an activating group) is 1. The quantitative estimate of drug-likeness (QED) is 0.738. The number of hydrogen-bond acceptors (Lipinski definition) is 3. The minimum atomic E-state index is -0.143. The van der Waals surface area contributed by atoms with E-state index in [1.54, 1.807) is 6.07 Å². The molecule has 0 saturated heterocycles. The molecule has 0 bridgehead atoms. The van der Waals surface area contributed by atoms with Gasteiger partial charge in [-0.2, -0.15) is 0 Å². The predicted octanol–water partition coefficient (Wildman–Crippen LogP) is 3.84. The zero-order valence-corrected chi connectivity index (χ0v) is 15.6. The molecular formula is C20H25ClN2O2. The molecule has 1 amide bonds. The van der Waals surface area contributed by atoms with Gasteiger partial charge >= 0.3 is 0 Å². The standard InChI is InChI=1S/C20H25ClN2O2/c1-3-23(4-2)13-12-22-20(24)15-25-19-11-10-17(14-18(19)21)16-8-6-5-7-9-16/h5-11,14H,3-4,12-13,15H2,1-2H3,(H,22,24). The largest absolute Gasteiger partial charge is 0.482 e. The van der Waals surface area contributed by atoms with E-state index in [1.165, 1.54) is 0 Å². The molecule has 25 heavy (non-hydrogen) atoms. The van der Waals surface area contributed by atoms with Gasteiger partial charge in [0.15, 0.2) is 6.61 Å². The van der Waals surface area contributed by atoms with Crippen LogP contribution in [-0.4, -0.2) is 43.6 Å². The van der Waals surface area contributed by atoms with Crippen LogP contribution in [0.3, 0.4) is 0 Å². The molecule has 0 radical (unpaired) electrons. The number of carbonyl (C=O) groups is 1. The Hall–Kier alpha value is -2.04. The fourth-order valence-corrected chi connectivity index (χ4v) is 2.75. The Morgan fingerprint density at radius 2 is 1.80 bits per heavy atom. The monoisotopic (exact) mass is 360 g/mol. The van der Waals surface area contributed by atoms with Crippen LogP contribution in [0.15, 0.2) is 48.5 Å². The lowest BCUT2D eigenvalue weighted by molar-refractivity contribution is -0.123. The van der Waals surface area contributed by atoms with E-state index in [4.69, 9.17) is 16.3 Å². The van der Waals surface area contributed by atoms with Gasteiger partial charge in [0, 0.05) is 13.1 Å². The van der Waals surface area contributed by atoms with Gasteiger partial charge < -0.3 is 15.0 Å². The van der Waals surface area contributed by atoms with Gasteiger partial charge in [-0.15, -0.1) is 0 Å². The van der Waals surface area contributed by atoms with Crippen LogP contribution in [0.1, 0.15) is 13.8 Å². The second-order valence-electron chi connectivity index (χ2n) is 5.68. The van der Waals surface area contributed by atoms with Gasteiger partial charge in [0.1, 0.15) is 5.75 Å². The van der Waals surface area contributed by atoms with E-state index in [1.807, 2.05) is 42.5 Å². The van der Waals surface area contributed by atoms with Crippen molar-refractivity contribution in [1.82, 2.24) is 10.2 Å². The Morgan fingerprint density at radius 1 is 1.08 bits per heavy atom. The minimum Gasteiger partial charge on any atom is -0.482 e. The molecule has 134 valence electrons. The van der Waals surface area contributed by atoms with E-state index < -0.39 is 0 Å². The van der Waals surface area contributed by atoms with Crippen LogP contribution >= 0.6 is 11.6 Å². The van der Waals surface area contributed by atoms with Crippen LogP contribution in [0.2, 0.25) is 5.02 Å². The van der Waals surface area contributed by atoms with Crippen LogP contribution in [0.25, 0.3) is 11.1 Å². The van der Waals surface area contributed by atoms with Crippen LogP contribution in [0.4, 0.5) is 0 Å². The molecule has 1 N–H and O–H groups in total. The molecule has 0 spiro atoms. The van der Waals surface area contributed by atoms with Gasteiger partial charge in [0.2, 0.25) is 0 Å². The Morgan fingerprint density at radius 3 is 2.44 bits per heavy atom. The van der Waals surface area contributed by atoms with E-state index in [-0.39, 0.29) is 12.5 Å². The van der Waals surface area contributed by atoms with E-state index in [0.717, 1.165) is 30.8 Å². The third-order valence-electron chi connectivity index (χ3n) is 4.04. The van der Waals surface area contributed by atoms with E-state index in [9.17, 15) is 4.79 Å². The van der Waals surface area contributed by atoms with Gasteiger partial charge in [0.05, 0.1) is 5.02 Å². The van der Waals surface area contributed by atoms with Crippen molar-refractivity contribution in [2.75, 3.05) is 32.8 Å². The van der Waals surface area contributed by atoms with E-state index >= 15 is 0 Å². The van der Waals surface area contributed by atoms with Crippen LogP contribution < -0.4 is 10.1 Å². The number of benzene rings is 2. The Balaban J connectivity index is 1.83. The highest BCUT2D eigenvalue weighted by atomic mass is 35.5. The number of ether oxygens (including phenoxy) is 1. The van der Waals surface area contributed by atoms with E-state index in [2.05, 4.69) is 24.1 Å². The van der Waals surface area contributed by atoms with Crippen LogP contribution in [0.5, 0.6) is 5.75 Å². The number of halogens is 1. The maximum absolute atomic E-state index is 11.9.